The number of methoxy groups -OCH3 is 2. The molecule has 8 nitrogen and oxygen atoms in total. The average molecular weight is 665 g/mol. The van der Waals surface area contributed by atoms with Crippen LogP contribution in [-0.2, 0) is 16.0 Å². The molecular formula is C32H34ClFO8S2. The maximum absolute atomic E-state index is 15.5. The lowest BCUT2D eigenvalue weighted by molar-refractivity contribution is -0.141. The Morgan fingerprint density at radius 1 is 0.909 bits per heavy atom. The molecular weight excluding hydrogens is 631 g/mol. The molecule has 0 unspecified atom stereocenters. The van der Waals surface area contributed by atoms with Crippen molar-refractivity contribution in [3.05, 3.63) is 44.9 Å². The van der Waals surface area contributed by atoms with Crippen LogP contribution in [0.1, 0.15) is 54.6 Å². The standard InChI is InChI=1S/C32H34ClFO8S2/c1-16(18(3)35)7-8-19-12-20-25(43-19)14-23(39-4)30(28(20)33)41-9-6-10-42-31-24(40-5)15-26-21(29(31)34)13-27(44-26)22(36)11-17(2)32(37)38/h12-17H,6-11H2,1-5H3,(H,37,38)/t16-,17-/m0/s1. The fourth-order valence-electron chi connectivity index (χ4n) is 4.52. The second-order valence-electron chi connectivity index (χ2n) is 10.6. The van der Waals surface area contributed by atoms with Gasteiger partial charge in [-0.15, -0.1) is 22.7 Å². The first-order valence-electron chi connectivity index (χ1n) is 14.1. The fourth-order valence-corrected chi connectivity index (χ4v) is 7.03. The number of carbonyl (C=O) groups excluding carboxylic acids is 2. The van der Waals surface area contributed by atoms with Gasteiger partial charge in [0.15, 0.2) is 34.6 Å². The largest absolute Gasteiger partial charge is 0.493 e. The Bertz CT molecular complexity index is 1690. The highest BCUT2D eigenvalue weighted by Gasteiger charge is 2.23. The number of hydrogen-bond acceptors (Lipinski definition) is 9. The predicted molar refractivity (Wildman–Crippen MR) is 171 cm³/mol. The molecule has 0 amide bonds. The quantitative estimate of drug-likeness (QED) is 0.0943. The number of hydrogen-bond donors (Lipinski definition) is 1. The van der Waals surface area contributed by atoms with E-state index < -0.39 is 17.7 Å². The SMILES string of the molecule is COc1cc2sc(C(=O)C[C@H](C)C(=O)O)cc2c(F)c1OCCCOc1c(OC)cc2sc(CC[C@H](C)C(C)=O)cc2c1Cl. The number of ether oxygens (including phenoxy) is 4. The third-order valence-electron chi connectivity index (χ3n) is 7.34. The van der Waals surface area contributed by atoms with Crippen molar-refractivity contribution in [3.63, 3.8) is 0 Å². The van der Waals surface area contributed by atoms with Crippen LogP contribution in [0.5, 0.6) is 23.0 Å². The van der Waals surface area contributed by atoms with Crippen LogP contribution >= 0.6 is 34.3 Å². The van der Waals surface area contributed by atoms with Crippen molar-refractivity contribution in [2.24, 2.45) is 11.8 Å². The highest BCUT2D eigenvalue weighted by molar-refractivity contribution is 7.21. The molecule has 0 radical (unpaired) electrons. The summed E-state index contributed by atoms with van der Waals surface area (Å²) in [6, 6.07) is 6.92. The molecule has 0 aliphatic heterocycles. The third kappa shape index (κ3) is 7.44. The number of thiophene rings is 2. The Labute approximate surface area is 267 Å². The number of halogens is 2. The van der Waals surface area contributed by atoms with Crippen molar-refractivity contribution in [2.75, 3.05) is 27.4 Å². The first kappa shape index (κ1) is 33.5. The molecule has 0 fully saturated rings. The van der Waals surface area contributed by atoms with Crippen LogP contribution in [0.15, 0.2) is 24.3 Å². The lowest BCUT2D eigenvalue weighted by atomic mass is 10.0. The van der Waals surface area contributed by atoms with Gasteiger partial charge in [-0.1, -0.05) is 25.4 Å². The summed E-state index contributed by atoms with van der Waals surface area (Å²) >= 11 is 9.42. The molecule has 0 saturated carbocycles. The summed E-state index contributed by atoms with van der Waals surface area (Å²) in [5, 5.41) is 10.6. The van der Waals surface area contributed by atoms with Crippen LogP contribution in [0.25, 0.3) is 20.2 Å². The lowest BCUT2D eigenvalue weighted by Crippen LogP contribution is -2.13. The van der Waals surface area contributed by atoms with Gasteiger partial charge in [-0.3, -0.25) is 14.4 Å². The van der Waals surface area contributed by atoms with Crippen molar-refractivity contribution in [3.8, 4) is 23.0 Å². The predicted octanol–water partition coefficient (Wildman–Crippen LogP) is 8.22. The minimum Gasteiger partial charge on any atom is -0.493 e. The first-order chi connectivity index (χ1) is 20.9. The molecule has 0 saturated heterocycles. The van der Waals surface area contributed by atoms with Crippen molar-refractivity contribution >= 4 is 72.0 Å². The van der Waals surface area contributed by atoms with E-state index in [9.17, 15) is 14.4 Å². The van der Waals surface area contributed by atoms with Crippen molar-refractivity contribution in [1.29, 1.82) is 0 Å². The number of carboxylic acids is 1. The molecule has 0 aliphatic carbocycles. The average Bonchev–Trinajstić information content (AvgIpc) is 3.61. The van der Waals surface area contributed by atoms with Crippen LogP contribution in [0, 0.1) is 17.7 Å². The summed E-state index contributed by atoms with van der Waals surface area (Å²) in [4.78, 5) is 36.7. The second-order valence-corrected chi connectivity index (χ2v) is 13.2. The van der Waals surface area contributed by atoms with Gasteiger partial charge in [0.05, 0.1) is 43.3 Å². The highest BCUT2D eigenvalue weighted by Crippen LogP contribution is 2.45. The molecule has 2 aromatic carbocycles. The van der Waals surface area contributed by atoms with Crippen molar-refractivity contribution in [1.82, 2.24) is 0 Å². The number of fused-ring (bicyclic) bond motifs is 2. The Morgan fingerprint density at radius 3 is 2.14 bits per heavy atom. The molecule has 0 bridgehead atoms. The molecule has 1 N–H and O–H groups in total. The zero-order chi connectivity index (χ0) is 32.1. The van der Waals surface area contributed by atoms with Crippen molar-refractivity contribution in [2.45, 2.75) is 46.5 Å². The van der Waals surface area contributed by atoms with Gasteiger partial charge in [0.2, 0.25) is 0 Å². The van der Waals surface area contributed by atoms with E-state index in [0.29, 0.717) is 27.6 Å². The molecule has 2 aromatic heterocycles. The zero-order valence-electron chi connectivity index (χ0n) is 25.1. The maximum Gasteiger partial charge on any atom is 0.306 e. The van der Waals surface area contributed by atoms with E-state index in [4.69, 9.17) is 35.7 Å². The minimum absolute atomic E-state index is 0.00651. The number of carbonyl (C=O) groups is 3. The van der Waals surface area contributed by atoms with Crippen LogP contribution < -0.4 is 18.9 Å². The number of benzene rings is 2. The molecule has 0 aliphatic rings. The van der Waals surface area contributed by atoms with Gasteiger partial charge < -0.3 is 24.1 Å². The Morgan fingerprint density at radius 2 is 1.52 bits per heavy atom. The topological polar surface area (TPSA) is 108 Å². The first-order valence-corrected chi connectivity index (χ1v) is 16.1. The fraction of sp³-hybridized carbons (Fsp3) is 0.406. The minimum atomic E-state index is -1.07. The van der Waals surface area contributed by atoms with E-state index in [1.165, 1.54) is 27.2 Å². The van der Waals surface area contributed by atoms with Crippen LogP contribution in [0.2, 0.25) is 5.02 Å². The van der Waals surface area contributed by atoms with Gasteiger partial charge in [0.25, 0.3) is 0 Å². The van der Waals surface area contributed by atoms with E-state index in [-0.39, 0.29) is 58.9 Å². The summed E-state index contributed by atoms with van der Waals surface area (Å²) < 4.78 is 39.6. The molecule has 4 rings (SSSR count). The summed E-state index contributed by atoms with van der Waals surface area (Å²) in [7, 11) is 2.94. The molecule has 2 heterocycles. The number of Topliss-reactive ketones (excluding diaryl/α,β-unsaturated/α-hetero) is 2. The van der Waals surface area contributed by atoms with E-state index in [1.54, 1.807) is 24.3 Å². The Kier molecular flexibility index (Phi) is 11.1. The summed E-state index contributed by atoms with van der Waals surface area (Å²) in [6.07, 6.45) is 1.73. The summed E-state index contributed by atoms with van der Waals surface area (Å²) in [5.41, 5.74) is 0. The van der Waals surface area contributed by atoms with Crippen LogP contribution in [-0.4, -0.2) is 50.1 Å². The van der Waals surface area contributed by atoms with Gasteiger partial charge in [-0.25, -0.2) is 4.39 Å². The number of ketones is 2. The van der Waals surface area contributed by atoms with Gasteiger partial charge in [0.1, 0.15) is 5.78 Å². The van der Waals surface area contributed by atoms with E-state index in [1.807, 2.05) is 19.1 Å². The Balaban J connectivity index is 1.42. The summed E-state index contributed by atoms with van der Waals surface area (Å²) in [5.74, 6) is -1.79. The number of aryl methyl sites for hydroxylation is 1. The van der Waals surface area contributed by atoms with E-state index in [2.05, 4.69) is 0 Å². The molecule has 12 heteroatoms. The Hall–Kier alpha value is -3.41. The van der Waals surface area contributed by atoms with Gasteiger partial charge in [-0.2, -0.15) is 0 Å². The van der Waals surface area contributed by atoms with Crippen molar-refractivity contribution < 1.29 is 42.8 Å². The smallest absolute Gasteiger partial charge is 0.306 e. The maximum atomic E-state index is 15.5. The number of rotatable bonds is 16. The van der Waals surface area contributed by atoms with Gasteiger partial charge in [-0.05, 0) is 31.9 Å². The highest BCUT2D eigenvalue weighted by atomic mass is 35.5. The van der Waals surface area contributed by atoms with Crippen LogP contribution in [0.4, 0.5) is 4.39 Å². The van der Waals surface area contributed by atoms with Gasteiger partial charge in [0, 0.05) is 55.9 Å². The molecule has 236 valence electrons. The normalized spacial score (nSPS) is 12.7. The van der Waals surface area contributed by atoms with E-state index >= 15 is 4.39 Å². The summed E-state index contributed by atoms with van der Waals surface area (Å²) in [6.45, 7) is 5.30. The molecule has 4 aromatic rings. The third-order valence-corrected chi connectivity index (χ3v) is 9.98. The van der Waals surface area contributed by atoms with Gasteiger partial charge >= 0.3 is 5.97 Å². The van der Waals surface area contributed by atoms with Crippen LogP contribution in [0.3, 0.4) is 0 Å². The lowest BCUT2D eigenvalue weighted by Gasteiger charge is -2.14. The van der Waals surface area contributed by atoms with E-state index in [0.717, 1.165) is 39.1 Å². The number of carboxylic acid groups (broad SMARTS) is 1. The second kappa shape index (κ2) is 14.6. The zero-order valence-corrected chi connectivity index (χ0v) is 27.5. The molecule has 2 atom stereocenters. The molecule has 0 spiro atoms. The monoisotopic (exact) mass is 664 g/mol. The molecule has 44 heavy (non-hydrogen) atoms. The number of aliphatic carboxylic acids is 1.